The van der Waals surface area contributed by atoms with Gasteiger partial charge in [-0.1, -0.05) is 54.9 Å². The van der Waals surface area contributed by atoms with Gasteiger partial charge in [0.25, 0.3) is 5.91 Å². The van der Waals surface area contributed by atoms with Crippen LogP contribution in [0.4, 0.5) is 8.78 Å². The maximum Gasteiger partial charge on any atom is 0.269 e. The minimum Gasteiger partial charge on any atom is -0.277 e. The largest absolute Gasteiger partial charge is 0.277 e. The molecule has 0 heterocycles. The lowest BCUT2D eigenvalue weighted by atomic mass is 9.99. The van der Waals surface area contributed by atoms with E-state index in [-0.39, 0.29) is 16.1 Å². The molecule has 3 nitrogen and oxygen atoms in total. The molecule has 2 aromatic rings. The van der Waals surface area contributed by atoms with E-state index in [9.17, 15) is 13.6 Å². The van der Waals surface area contributed by atoms with Gasteiger partial charge in [0.05, 0.1) is 10.6 Å². The minimum absolute atomic E-state index is 0.0548. The van der Waals surface area contributed by atoms with Crippen molar-refractivity contribution in [3.8, 4) is 11.1 Å². The number of amides is 1. The lowest BCUT2D eigenvalue weighted by Crippen LogP contribution is -2.35. The molecule has 3 rings (SSSR count). The van der Waals surface area contributed by atoms with Gasteiger partial charge in [0.1, 0.15) is 11.6 Å². The highest BCUT2D eigenvalue weighted by molar-refractivity contribution is 7.98. The number of nitrogens with one attached hydrogen (secondary N) is 2. The van der Waals surface area contributed by atoms with Crippen LogP contribution in [0.25, 0.3) is 11.1 Å². The summed E-state index contributed by atoms with van der Waals surface area (Å²) in [5.74, 6) is -1.74. The van der Waals surface area contributed by atoms with Crippen molar-refractivity contribution in [1.29, 1.82) is 0 Å². The molecule has 0 atom stereocenters. The fourth-order valence-electron chi connectivity index (χ4n) is 3.23. The summed E-state index contributed by atoms with van der Waals surface area (Å²) in [6.45, 7) is 1.56. The van der Waals surface area contributed by atoms with Crippen molar-refractivity contribution in [3.05, 3.63) is 58.1 Å². The first-order chi connectivity index (χ1) is 13.0. The third kappa shape index (κ3) is 4.81. The van der Waals surface area contributed by atoms with Gasteiger partial charge in [0.15, 0.2) is 0 Å². The molecule has 0 radical (unpaired) electrons. The van der Waals surface area contributed by atoms with Crippen LogP contribution in [0.5, 0.6) is 0 Å². The molecule has 144 valence electrons. The number of hydrazine groups is 1. The summed E-state index contributed by atoms with van der Waals surface area (Å²) in [6, 6.07) is 7.36. The quantitative estimate of drug-likeness (QED) is 0.482. The first-order valence-electron chi connectivity index (χ1n) is 8.93. The van der Waals surface area contributed by atoms with Crippen LogP contribution in [-0.2, 0) is 0 Å². The predicted molar refractivity (Wildman–Crippen MR) is 107 cm³/mol. The monoisotopic (exact) mass is 410 g/mol. The third-order valence-corrected chi connectivity index (χ3v) is 6.11. The molecule has 1 aliphatic rings. The molecule has 0 saturated heterocycles. The Balaban J connectivity index is 1.77. The van der Waals surface area contributed by atoms with E-state index in [4.69, 9.17) is 11.6 Å². The van der Waals surface area contributed by atoms with Crippen molar-refractivity contribution in [2.75, 3.05) is 0 Å². The molecule has 0 aliphatic heterocycles. The van der Waals surface area contributed by atoms with E-state index in [2.05, 4.69) is 10.3 Å². The summed E-state index contributed by atoms with van der Waals surface area (Å²) in [5.41, 5.74) is 3.63. The summed E-state index contributed by atoms with van der Waals surface area (Å²) in [4.78, 5) is 15.3. The number of hydrogen-bond acceptors (Lipinski definition) is 3. The van der Waals surface area contributed by atoms with E-state index in [1.807, 2.05) is 0 Å². The Morgan fingerprint density at radius 3 is 2.67 bits per heavy atom. The molecule has 0 spiro atoms. The molecule has 27 heavy (non-hydrogen) atoms. The number of aryl methyl sites for hydroxylation is 1. The highest BCUT2D eigenvalue weighted by Crippen LogP contribution is 2.32. The highest BCUT2D eigenvalue weighted by Gasteiger charge is 2.19. The van der Waals surface area contributed by atoms with Crippen LogP contribution in [0.1, 0.15) is 48.0 Å². The van der Waals surface area contributed by atoms with Crippen molar-refractivity contribution in [1.82, 2.24) is 10.3 Å². The normalized spacial score (nSPS) is 15.0. The third-order valence-electron chi connectivity index (χ3n) is 4.70. The van der Waals surface area contributed by atoms with E-state index < -0.39 is 17.5 Å². The van der Waals surface area contributed by atoms with Gasteiger partial charge < -0.3 is 0 Å². The zero-order valence-corrected chi connectivity index (χ0v) is 16.5. The van der Waals surface area contributed by atoms with E-state index in [1.165, 1.54) is 49.4 Å². The number of rotatable bonds is 5. The van der Waals surface area contributed by atoms with Crippen LogP contribution in [0.15, 0.2) is 30.3 Å². The number of carbonyl (C=O) groups excluding carboxylic acids is 1. The molecule has 1 amide bonds. The molecule has 0 aromatic heterocycles. The van der Waals surface area contributed by atoms with Crippen LogP contribution >= 0.6 is 23.5 Å². The second-order valence-electron chi connectivity index (χ2n) is 6.69. The van der Waals surface area contributed by atoms with Gasteiger partial charge in [-0.05, 0) is 49.1 Å². The molecule has 1 fully saturated rings. The molecule has 1 saturated carbocycles. The maximum atomic E-state index is 14.5. The van der Waals surface area contributed by atoms with Crippen LogP contribution in [0, 0.1) is 18.6 Å². The summed E-state index contributed by atoms with van der Waals surface area (Å²) >= 11 is 7.50. The summed E-state index contributed by atoms with van der Waals surface area (Å²) in [7, 11) is 0. The zero-order chi connectivity index (χ0) is 19.4. The number of halogens is 3. The van der Waals surface area contributed by atoms with Gasteiger partial charge in [-0.2, -0.15) is 4.83 Å². The number of hydrogen-bond donors (Lipinski definition) is 2. The van der Waals surface area contributed by atoms with Crippen molar-refractivity contribution >= 4 is 29.5 Å². The van der Waals surface area contributed by atoms with Crippen LogP contribution in [-0.4, -0.2) is 11.2 Å². The van der Waals surface area contributed by atoms with Gasteiger partial charge >= 0.3 is 0 Å². The first-order valence-corrected chi connectivity index (χ1v) is 10.2. The Kier molecular flexibility index (Phi) is 6.73. The molecular weight excluding hydrogens is 390 g/mol. The molecular formula is C20H21ClF2N2OS. The Hall–Kier alpha value is -1.63. The van der Waals surface area contributed by atoms with Crippen molar-refractivity contribution < 1.29 is 13.6 Å². The lowest BCUT2D eigenvalue weighted by molar-refractivity contribution is 0.0942. The maximum absolute atomic E-state index is 14.5. The van der Waals surface area contributed by atoms with E-state index >= 15 is 0 Å². The van der Waals surface area contributed by atoms with Crippen molar-refractivity contribution in [2.45, 2.75) is 44.3 Å². The average Bonchev–Trinajstić information content (AvgIpc) is 2.67. The summed E-state index contributed by atoms with van der Waals surface area (Å²) in [6.07, 6.45) is 5.85. The lowest BCUT2D eigenvalue weighted by Gasteiger charge is -2.21. The van der Waals surface area contributed by atoms with Gasteiger partial charge in [-0.15, -0.1) is 0 Å². The Labute approximate surface area is 167 Å². The fraction of sp³-hybridized carbons (Fsp3) is 0.350. The summed E-state index contributed by atoms with van der Waals surface area (Å²) < 4.78 is 28.3. The van der Waals surface area contributed by atoms with Gasteiger partial charge in [-0.25, -0.2) is 8.78 Å². The van der Waals surface area contributed by atoms with Crippen molar-refractivity contribution in [3.63, 3.8) is 0 Å². The predicted octanol–water partition coefficient (Wildman–Crippen LogP) is 5.81. The van der Waals surface area contributed by atoms with E-state index in [0.717, 1.165) is 12.8 Å². The molecule has 2 aromatic carbocycles. The smallest absolute Gasteiger partial charge is 0.269 e. The first kappa shape index (κ1) is 20.1. The molecule has 0 unspecified atom stereocenters. The standard InChI is InChI=1S/C20H21ClF2N2OS/c1-12-10-13(15-8-5-9-17(22)18(15)21)11-16(19(12)23)20(26)24-25-27-14-6-3-2-4-7-14/h5,8-11,14,25H,2-4,6-7H2,1H3,(H,24,26). The Morgan fingerprint density at radius 2 is 1.93 bits per heavy atom. The molecule has 7 heteroatoms. The number of benzene rings is 2. The Morgan fingerprint density at radius 1 is 1.19 bits per heavy atom. The average molecular weight is 411 g/mol. The van der Waals surface area contributed by atoms with E-state index in [0.29, 0.717) is 16.4 Å². The SMILES string of the molecule is Cc1cc(-c2cccc(F)c2Cl)cc(C(=O)NNSC2CCCCC2)c1F. The molecule has 1 aliphatic carbocycles. The second-order valence-corrected chi connectivity index (χ2v) is 8.17. The topological polar surface area (TPSA) is 41.1 Å². The minimum atomic E-state index is -0.603. The van der Waals surface area contributed by atoms with Crippen LogP contribution in [0.2, 0.25) is 5.02 Å². The summed E-state index contributed by atoms with van der Waals surface area (Å²) in [5, 5.41) is 0.393. The van der Waals surface area contributed by atoms with Crippen molar-refractivity contribution in [2.24, 2.45) is 0 Å². The fourth-order valence-corrected chi connectivity index (χ4v) is 4.35. The second kappa shape index (κ2) is 9.04. The molecule has 0 bridgehead atoms. The Bertz CT molecular complexity index is 841. The highest BCUT2D eigenvalue weighted by atomic mass is 35.5. The molecule has 2 N–H and O–H groups in total. The van der Waals surface area contributed by atoms with Crippen LogP contribution < -0.4 is 10.3 Å². The van der Waals surface area contributed by atoms with Gasteiger partial charge in [0, 0.05) is 10.8 Å². The number of carbonyl (C=O) groups is 1. The van der Waals surface area contributed by atoms with Crippen LogP contribution in [0.3, 0.4) is 0 Å². The van der Waals surface area contributed by atoms with Gasteiger partial charge in [-0.3, -0.25) is 10.2 Å². The van der Waals surface area contributed by atoms with E-state index in [1.54, 1.807) is 19.1 Å². The van der Waals surface area contributed by atoms with Gasteiger partial charge in [0.2, 0.25) is 0 Å². The zero-order valence-electron chi connectivity index (χ0n) is 15.0.